The van der Waals surface area contributed by atoms with Gasteiger partial charge in [0, 0.05) is 15.6 Å². The number of nitrogens with one attached hydrogen (secondary N) is 2. The highest BCUT2D eigenvalue weighted by molar-refractivity contribution is 9.10. The van der Waals surface area contributed by atoms with Crippen LogP contribution in [0, 0.1) is 5.41 Å². The molecule has 0 aromatic heterocycles. The molecule has 0 aliphatic carbocycles. The van der Waals surface area contributed by atoms with Crippen molar-refractivity contribution in [3.05, 3.63) is 95.0 Å². The molecule has 5 N–H and O–H groups in total. The second kappa shape index (κ2) is 12.3. The summed E-state index contributed by atoms with van der Waals surface area (Å²) in [6, 6.07) is 20.9. The number of allylic oxidation sites excluding steroid dienone is 1. The summed E-state index contributed by atoms with van der Waals surface area (Å²) in [4.78, 5) is 25.0. The number of ether oxygens (including phenoxy) is 1. The van der Waals surface area contributed by atoms with Crippen molar-refractivity contribution < 1.29 is 19.4 Å². The van der Waals surface area contributed by atoms with Crippen molar-refractivity contribution in [1.29, 1.82) is 0 Å². The van der Waals surface area contributed by atoms with Crippen molar-refractivity contribution in [2.75, 3.05) is 16.4 Å². The molecule has 3 rings (SSSR count). The second-order valence-corrected chi connectivity index (χ2v) is 9.93. The average Bonchev–Trinajstić information content (AvgIpc) is 2.84. The van der Waals surface area contributed by atoms with E-state index < -0.39 is 17.6 Å². The van der Waals surface area contributed by atoms with Crippen molar-refractivity contribution in [2.24, 2.45) is 5.41 Å². The Morgan fingerprint density at radius 1 is 1.03 bits per heavy atom. The molecule has 0 radical (unpaired) electrons. The number of halogens is 1. The number of aromatic hydroxyl groups is 1. The van der Waals surface area contributed by atoms with Gasteiger partial charge >= 0.3 is 6.09 Å². The summed E-state index contributed by atoms with van der Waals surface area (Å²) < 4.78 is 6.79. The molecule has 1 atom stereocenters. The maximum atomic E-state index is 12.7. The lowest BCUT2D eigenvalue weighted by Crippen LogP contribution is -2.29. The van der Waals surface area contributed by atoms with E-state index in [1.165, 1.54) is 6.08 Å². The Hall–Kier alpha value is -3.78. The molecule has 0 aliphatic heterocycles. The smallest absolute Gasteiger partial charge is 0.412 e. The fraction of sp³-hybridized carbons (Fsp3) is 0.214. The topological polar surface area (TPSA) is 114 Å². The first-order valence-corrected chi connectivity index (χ1v) is 12.3. The molecule has 0 unspecified atom stereocenters. The van der Waals surface area contributed by atoms with Gasteiger partial charge in [-0.25, -0.2) is 4.79 Å². The van der Waals surface area contributed by atoms with Crippen LogP contribution in [0.1, 0.15) is 38.4 Å². The van der Waals surface area contributed by atoms with Crippen molar-refractivity contribution in [3.63, 3.8) is 0 Å². The predicted octanol–water partition coefficient (Wildman–Crippen LogP) is 7.03. The van der Waals surface area contributed by atoms with Gasteiger partial charge in [-0.1, -0.05) is 60.1 Å². The molecule has 0 bridgehead atoms. The first-order valence-electron chi connectivity index (χ1n) is 11.5. The number of hydrogen-bond donors (Lipinski definition) is 4. The maximum Gasteiger partial charge on any atom is 0.412 e. The Balaban J connectivity index is 1.66. The quantitative estimate of drug-likeness (QED) is 0.168. The predicted molar refractivity (Wildman–Crippen MR) is 147 cm³/mol. The minimum Gasteiger partial charge on any atom is -0.508 e. The van der Waals surface area contributed by atoms with E-state index in [4.69, 9.17) is 10.5 Å². The zero-order chi connectivity index (χ0) is 26.1. The number of nitrogens with two attached hydrogens (primary N) is 1. The highest BCUT2D eigenvalue weighted by Gasteiger charge is 2.34. The van der Waals surface area contributed by atoms with E-state index in [-0.39, 0.29) is 11.7 Å². The lowest BCUT2D eigenvalue weighted by atomic mass is 9.78. The third kappa shape index (κ3) is 7.88. The summed E-state index contributed by atoms with van der Waals surface area (Å²) in [7, 11) is 0. The van der Waals surface area contributed by atoms with Crippen LogP contribution in [0.3, 0.4) is 0 Å². The lowest BCUT2D eigenvalue weighted by molar-refractivity contribution is -0.111. The van der Waals surface area contributed by atoms with Crippen LogP contribution < -0.4 is 16.4 Å². The molecule has 0 saturated carbocycles. The van der Waals surface area contributed by atoms with Gasteiger partial charge in [-0.3, -0.25) is 10.1 Å². The largest absolute Gasteiger partial charge is 0.508 e. The highest BCUT2D eigenvalue weighted by Crippen LogP contribution is 2.41. The van der Waals surface area contributed by atoms with Gasteiger partial charge in [0.25, 0.3) is 0 Å². The van der Waals surface area contributed by atoms with E-state index in [0.29, 0.717) is 29.9 Å². The Kier molecular flexibility index (Phi) is 9.13. The number of phenolic OH excluding ortho intramolecular Hbond substituents is 1. The van der Waals surface area contributed by atoms with Gasteiger partial charge in [-0.05, 0) is 73.0 Å². The number of anilines is 3. The normalized spacial score (nSPS) is 12.2. The summed E-state index contributed by atoms with van der Waals surface area (Å²) in [5, 5.41) is 15.2. The van der Waals surface area contributed by atoms with Crippen molar-refractivity contribution in [2.45, 2.75) is 32.8 Å². The number of amides is 2. The summed E-state index contributed by atoms with van der Waals surface area (Å²) in [5.41, 5.74) is 7.80. The fourth-order valence-electron chi connectivity index (χ4n) is 3.68. The standard InChI is InChI=1S/C28H30BrN3O4/c1-28(2,18-6-5-9-25(34)32-24-8-4-3-7-23(24)30)26(19-10-16-22(33)17-11-19)36-27(35)31-21-14-12-20(29)13-15-21/h3-5,7-17,26,33H,6,18,30H2,1-2H3,(H,31,35)(H,32,34)/b9-5+/t26-/m0/s1. The van der Waals surface area contributed by atoms with E-state index in [1.54, 1.807) is 66.7 Å². The number of phenols is 1. The second-order valence-electron chi connectivity index (χ2n) is 9.01. The third-order valence-electron chi connectivity index (χ3n) is 5.66. The summed E-state index contributed by atoms with van der Waals surface area (Å²) in [5.74, 6) is -0.145. The van der Waals surface area contributed by atoms with Gasteiger partial charge in [0.15, 0.2) is 0 Å². The molecular weight excluding hydrogens is 522 g/mol. The fourth-order valence-corrected chi connectivity index (χ4v) is 3.94. The number of hydrogen-bond acceptors (Lipinski definition) is 5. The Bertz CT molecular complexity index is 1210. The van der Waals surface area contributed by atoms with Gasteiger partial charge in [-0.2, -0.15) is 0 Å². The van der Waals surface area contributed by atoms with E-state index in [0.717, 1.165) is 10.0 Å². The Morgan fingerprint density at radius 3 is 2.36 bits per heavy atom. The first-order chi connectivity index (χ1) is 17.1. The van der Waals surface area contributed by atoms with Crippen LogP contribution in [0.15, 0.2) is 89.4 Å². The molecule has 188 valence electrons. The van der Waals surface area contributed by atoms with Crippen LogP contribution in [-0.4, -0.2) is 17.1 Å². The number of para-hydroxylation sites is 2. The molecule has 0 aliphatic rings. The lowest BCUT2D eigenvalue weighted by Gasteiger charge is -2.34. The zero-order valence-electron chi connectivity index (χ0n) is 20.2. The van der Waals surface area contributed by atoms with Crippen LogP contribution >= 0.6 is 15.9 Å². The molecule has 0 heterocycles. The number of benzene rings is 3. The van der Waals surface area contributed by atoms with E-state index in [1.807, 2.05) is 26.0 Å². The van der Waals surface area contributed by atoms with Gasteiger partial charge in [0.05, 0.1) is 11.4 Å². The van der Waals surface area contributed by atoms with Gasteiger partial charge in [0.2, 0.25) is 5.91 Å². The van der Waals surface area contributed by atoms with Gasteiger partial charge < -0.3 is 20.9 Å². The molecule has 3 aromatic rings. The minimum absolute atomic E-state index is 0.127. The van der Waals surface area contributed by atoms with E-state index in [2.05, 4.69) is 26.6 Å². The molecule has 7 nitrogen and oxygen atoms in total. The highest BCUT2D eigenvalue weighted by atomic mass is 79.9. The van der Waals surface area contributed by atoms with Crippen LogP contribution in [0.25, 0.3) is 0 Å². The Labute approximate surface area is 219 Å². The van der Waals surface area contributed by atoms with Crippen LogP contribution in [0.2, 0.25) is 0 Å². The first kappa shape index (κ1) is 26.8. The number of nitrogen functional groups attached to an aromatic ring is 1. The van der Waals surface area contributed by atoms with Crippen LogP contribution in [0.4, 0.5) is 21.9 Å². The van der Waals surface area contributed by atoms with Crippen LogP contribution in [-0.2, 0) is 9.53 Å². The monoisotopic (exact) mass is 551 g/mol. The molecule has 36 heavy (non-hydrogen) atoms. The maximum absolute atomic E-state index is 12.7. The molecule has 0 saturated heterocycles. The summed E-state index contributed by atoms with van der Waals surface area (Å²) in [6.07, 6.45) is 3.28. The SMILES string of the molecule is CC(C)(CC/C=C/C(=O)Nc1ccccc1N)[C@@H](OC(=O)Nc1ccc(Br)cc1)c1ccc(O)cc1. The molecule has 8 heteroatoms. The van der Waals surface area contributed by atoms with Crippen molar-refractivity contribution in [3.8, 4) is 5.75 Å². The summed E-state index contributed by atoms with van der Waals surface area (Å²) >= 11 is 3.37. The number of carbonyl (C=O) groups is 2. The molecule has 0 spiro atoms. The van der Waals surface area contributed by atoms with Crippen molar-refractivity contribution in [1.82, 2.24) is 0 Å². The third-order valence-corrected chi connectivity index (χ3v) is 6.19. The molecule has 3 aromatic carbocycles. The minimum atomic E-state index is -0.597. The zero-order valence-corrected chi connectivity index (χ0v) is 21.8. The average molecular weight is 552 g/mol. The molecule has 2 amide bonds. The van der Waals surface area contributed by atoms with Gasteiger partial charge in [-0.15, -0.1) is 0 Å². The van der Waals surface area contributed by atoms with Crippen molar-refractivity contribution >= 4 is 45.0 Å². The van der Waals surface area contributed by atoms with Crippen LogP contribution in [0.5, 0.6) is 5.75 Å². The number of carbonyl (C=O) groups excluding carboxylic acids is 2. The molecule has 0 fully saturated rings. The molecular formula is C28H30BrN3O4. The van der Waals surface area contributed by atoms with Gasteiger partial charge in [0.1, 0.15) is 11.9 Å². The number of rotatable bonds is 9. The summed E-state index contributed by atoms with van der Waals surface area (Å²) in [6.45, 7) is 3.99. The van der Waals surface area contributed by atoms with E-state index in [9.17, 15) is 14.7 Å². The Morgan fingerprint density at radius 2 is 1.69 bits per heavy atom. The van der Waals surface area contributed by atoms with E-state index >= 15 is 0 Å².